The Morgan fingerprint density at radius 2 is 2.11 bits per heavy atom. The van der Waals surface area contributed by atoms with Gasteiger partial charge in [0.1, 0.15) is 18.1 Å². The number of nitrogens with one attached hydrogen (secondary N) is 2. The molecular weight excluding hydrogens is 400 g/mol. The summed E-state index contributed by atoms with van der Waals surface area (Å²) >= 11 is 7.23. The number of H-pyrrole nitrogens is 1. The van der Waals surface area contributed by atoms with E-state index >= 15 is 0 Å². The van der Waals surface area contributed by atoms with Crippen molar-refractivity contribution in [3.63, 3.8) is 0 Å². The van der Waals surface area contributed by atoms with Crippen LogP contribution in [0.5, 0.6) is 11.5 Å². The number of methoxy groups -OCH3 is 1. The number of halogens is 1. The average molecular weight is 419 g/mol. The number of nitrogens with zero attached hydrogens (tertiary/aromatic N) is 2. The van der Waals surface area contributed by atoms with Gasteiger partial charge in [-0.15, -0.1) is 5.10 Å². The predicted molar refractivity (Wildman–Crippen MR) is 109 cm³/mol. The molecule has 0 fully saturated rings. The number of para-hydroxylation sites is 2. The molecule has 9 heteroatoms. The van der Waals surface area contributed by atoms with Crippen molar-refractivity contribution in [2.75, 3.05) is 18.2 Å². The number of aromatic nitrogens is 3. The second kappa shape index (κ2) is 9.48. The molecule has 1 amide bonds. The standard InChI is InChI=1S/C19H19ClN4O3S/c1-12-9-13(7-8-14(12)20)27-10-17-22-19(24-23-17)28-11-18(25)21-15-5-3-4-6-16(15)26-2/h3-9H,10-11H2,1-2H3,(H,21,25)(H,22,23,24). The summed E-state index contributed by atoms with van der Waals surface area (Å²) in [7, 11) is 1.56. The van der Waals surface area contributed by atoms with Gasteiger partial charge >= 0.3 is 0 Å². The zero-order chi connectivity index (χ0) is 19.9. The quantitative estimate of drug-likeness (QED) is 0.536. The number of carbonyl (C=O) groups excluding carboxylic acids is 1. The zero-order valence-electron chi connectivity index (χ0n) is 15.4. The van der Waals surface area contributed by atoms with E-state index in [0.717, 1.165) is 5.56 Å². The minimum atomic E-state index is -0.172. The van der Waals surface area contributed by atoms with Gasteiger partial charge < -0.3 is 14.8 Å². The first-order valence-corrected chi connectivity index (χ1v) is 9.77. The van der Waals surface area contributed by atoms with Gasteiger partial charge in [-0.05, 0) is 42.8 Å². The van der Waals surface area contributed by atoms with Crippen LogP contribution in [0, 0.1) is 6.92 Å². The van der Waals surface area contributed by atoms with Gasteiger partial charge in [-0.3, -0.25) is 9.89 Å². The third-order valence-corrected chi connectivity index (χ3v) is 5.00. The molecule has 28 heavy (non-hydrogen) atoms. The Labute approximate surface area is 171 Å². The van der Waals surface area contributed by atoms with E-state index in [1.54, 1.807) is 31.4 Å². The van der Waals surface area contributed by atoms with Gasteiger partial charge in [-0.25, -0.2) is 4.98 Å². The maximum atomic E-state index is 12.1. The largest absolute Gasteiger partial charge is 0.495 e. The lowest BCUT2D eigenvalue weighted by Gasteiger charge is -2.08. The molecule has 0 saturated carbocycles. The number of hydrogen-bond acceptors (Lipinski definition) is 6. The molecule has 3 aromatic rings. The molecule has 2 N–H and O–H groups in total. The molecule has 0 aliphatic heterocycles. The van der Waals surface area contributed by atoms with Gasteiger partial charge in [0.2, 0.25) is 11.1 Å². The van der Waals surface area contributed by atoms with Crippen molar-refractivity contribution in [1.82, 2.24) is 15.2 Å². The second-order valence-electron chi connectivity index (χ2n) is 5.80. The first-order valence-electron chi connectivity index (χ1n) is 8.41. The summed E-state index contributed by atoms with van der Waals surface area (Å²) < 4.78 is 10.9. The second-order valence-corrected chi connectivity index (χ2v) is 7.15. The lowest BCUT2D eigenvalue weighted by Crippen LogP contribution is -2.14. The summed E-state index contributed by atoms with van der Waals surface area (Å²) in [6, 6.07) is 12.7. The van der Waals surface area contributed by atoms with E-state index in [1.165, 1.54) is 11.8 Å². The van der Waals surface area contributed by atoms with Crippen LogP contribution in [0.25, 0.3) is 0 Å². The highest BCUT2D eigenvalue weighted by atomic mass is 35.5. The predicted octanol–water partition coefficient (Wildman–Crippen LogP) is 4.08. The van der Waals surface area contributed by atoms with Gasteiger partial charge in [0.05, 0.1) is 18.6 Å². The van der Waals surface area contributed by atoms with Crippen molar-refractivity contribution >= 4 is 35.0 Å². The molecule has 1 heterocycles. The van der Waals surface area contributed by atoms with Gasteiger partial charge in [0, 0.05) is 5.02 Å². The molecule has 0 unspecified atom stereocenters. The summed E-state index contributed by atoms with van der Waals surface area (Å²) in [4.78, 5) is 16.5. The van der Waals surface area contributed by atoms with Gasteiger partial charge in [-0.2, -0.15) is 0 Å². The van der Waals surface area contributed by atoms with E-state index in [0.29, 0.717) is 33.2 Å². The van der Waals surface area contributed by atoms with Crippen molar-refractivity contribution in [1.29, 1.82) is 0 Å². The van der Waals surface area contributed by atoms with Crippen LogP contribution in [-0.2, 0) is 11.4 Å². The number of aromatic amines is 1. The SMILES string of the molecule is COc1ccccc1NC(=O)CSc1n[nH]c(COc2ccc(Cl)c(C)c2)n1. The topological polar surface area (TPSA) is 89.1 Å². The Balaban J connectivity index is 1.49. The first-order chi connectivity index (χ1) is 13.5. The van der Waals surface area contributed by atoms with Crippen molar-refractivity contribution in [2.24, 2.45) is 0 Å². The Morgan fingerprint density at radius 3 is 2.89 bits per heavy atom. The molecule has 0 radical (unpaired) electrons. The Hall–Kier alpha value is -2.71. The molecule has 2 aromatic carbocycles. The van der Waals surface area contributed by atoms with Crippen molar-refractivity contribution in [3.8, 4) is 11.5 Å². The maximum Gasteiger partial charge on any atom is 0.234 e. The number of hydrogen-bond donors (Lipinski definition) is 2. The number of amides is 1. The fourth-order valence-electron chi connectivity index (χ4n) is 2.33. The highest BCUT2D eigenvalue weighted by Gasteiger charge is 2.10. The number of thioether (sulfide) groups is 1. The normalized spacial score (nSPS) is 10.5. The Morgan fingerprint density at radius 1 is 1.29 bits per heavy atom. The molecule has 0 aliphatic rings. The van der Waals surface area contributed by atoms with E-state index in [9.17, 15) is 4.79 Å². The molecule has 1 aromatic heterocycles. The highest BCUT2D eigenvalue weighted by Crippen LogP contribution is 2.24. The fourth-order valence-corrected chi connectivity index (χ4v) is 3.06. The Kier molecular flexibility index (Phi) is 6.78. The summed E-state index contributed by atoms with van der Waals surface area (Å²) in [6.45, 7) is 2.15. The minimum absolute atomic E-state index is 0.172. The van der Waals surface area contributed by atoms with Crippen LogP contribution in [0.15, 0.2) is 47.6 Å². The third-order valence-electron chi connectivity index (χ3n) is 3.73. The van der Waals surface area contributed by atoms with E-state index < -0.39 is 0 Å². The molecule has 0 saturated heterocycles. The summed E-state index contributed by atoms with van der Waals surface area (Å²) in [5.74, 6) is 1.88. The highest BCUT2D eigenvalue weighted by molar-refractivity contribution is 7.99. The maximum absolute atomic E-state index is 12.1. The van der Waals surface area contributed by atoms with Gasteiger partial charge in [0.15, 0.2) is 5.82 Å². The van der Waals surface area contributed by atoms with Crippen molar-refractivity contribution < 1.29 is 14.3 Å². The molecule has 0 atom stereocenters. The lowest BCUT2D eigenvalue weighted by molar-refractivity contribution is -0.113. The molecule has 3 rings (SSSR count). The number of ether oxygens (including phenoxy) is 2. The van der Waals surface area contributed by atoms with Crippen LogP contribution in [-0.4, -0.2) is 34.0 Å². The van der Waals surface area contributed by atoms with Gasteiger partial charge in [-0.1, -0.05) is 35.5 Å². The van der Waals surface area contributed by atoms with E-state index in [4.69, 9.17) is 21.1 Å². The smallest absolute Gasteiger partial charge is 0.234 e. The van der Waals surface area contributed by atoms with Crippen LogP contribution in [0.3, 0.4) is 0 Å². The lowest BCUT2D eigenvalue weighted by atomic mass is 10.2. The molecular formula is C19H19ClN4O3S. The zero-order valence-corrected chi connectivity index (χ0v) is 16.9. The summed E-state index contributed by atoms with van der Waals surface area (Å²) in [5.41, 5.74) is 1.56. The van der Waals surface area contributed by atoms with E-state index in [-0.39, 0.29) is 18.3 Å². The monoisotopic (exact) mass is 418 g/mol. The van der Waals surface area contributed by atoms with Crippen LogP contribution < -0.4 is 14.8 Å². The number of anilines is 1. The summed E-state index contributed by atoms with van der Waals surface area (Å²) in [6.07, 6.45) is 0. The van der Waals surface area contributed by atoms with Crippen LogP contribution in [0.1, 0.15) is 11.4 Å². The van der Waals surface area contributed by atoms with Crippen molar-refractivity contribution in [3.05, 3.63) is 58.9 Å². The Bertz CT molecular complexity index is 964. The van der Waals surface area contributed by atoms with Crippen LogP contribution in [0.2, 0.25) is 5.02 Å². The minimum Gasteiger partial charge on any atom is -0.495 e. The number of rotatable bonds is 8. The molecule has 7 nitrogen and oxygen atoms in total. The number of benzene rings is 2. The first kappa shape index (κ1) is 20.0. The molecule has 0 bridgehead atoms. The van der Waals surface area contributed by atoms with Crippen LogP contribution in [0.4, 0.5) is 5.69 Å². The summed E-state index contributed by atoms with van der Waals surface area (Å²) in [5, 5.41) is 10.9. The van der Waals surface area contributed by atoms with Gasteiger partial charge in [0.25, 0.3) is 0 Å². The third kappa shape index (κ3) is 5.40. The van der Waals surface area contributed by atoms with E-state index in [1.807, 2.05) is 25.1 Å². The average Bonchev–Trinajstić information content (AvgIpc) is 3.16. The van der Waals surface area contributed by atoms with Crippen molar-refractivity contribution in [2.45, 2.75) is 18.7 Å². The fraction of sp³-hybridized carbons (Fsp3) is 0.211. The number of carbonyl (C=O) groups is 1. The number of aryl methyl sites for hydroxylation is 1. The molecule has 0 aliphatic carbocycles. The molecule has 146 valence electrons. The molecule has 0 spiro atoms. The van der Waals surface area contributed by atoms with E-state index in [2.05, 4.69) is 20.5 Å². The van der Waals surface area contributed by atoms with Crippen LogP contribution >= 0.6 is 23.4 Å².